The normalized spacial score (nSPS) is 15.8. The SMILES string of the molecule is CCC(CSC)NC(=O)NC(C(=O)O)C(C)O. The van der Waals surface area contributed by atoms with E-state index in [1.165, 1.54) is 6.92 Å². The highest BCUT2D eigenvalue weighted by Crippen LogP contribution is 2.01. The van der Waals surface area contributed by atoms with Crippen LogP contribution in [0.3, 0.4) is 0 Å². The quantitative estimate of drug-likeness (QED) is 0.529. The molecule has 0 aromatic heterocycles. The molecule has 2 amide bonds. The molecule has 0 aromatic carbocycles. The second-order valence-electron chi connectivity index (χ2n) is 3.73. The molecule has 0 aliphatic carbocycles. The fourth-order valence-corrected chi connectivity index (χ4v) is 1.94. The molecule has 17 heavy (non-hydrogen) atoms. The Labute approximate surface area is 105 Å². The van der Waals surface area contributed by atoms with E-state index in [0.717, 1.165) is 12.2 Å². The van der Waals surface area contributed by atoms with Gasteiger partial charge in [-0.15, -0.1) is 0 Å². The zero-order chi connectivity index (χ0) is 13.4. The van der Waals surface area contributed by atoms with Crippen molar-refractivity contribution in [1.82, 2.24) is 10.6 Å². The summed E-state index contributed by atoms with van der Waals surface area (Å²) in [6.07, 6.45) is 1.55. The van der Waals surface area contributed by atoms with Gasteiger partial charge in [0.1, 0.15) is 0 Å². The van der Waals surface area contributed by atoms with Gasteiger partial charge in [0, 0.05) is 11.8 Å². The second-order valence-corrected chi connectivity index (χ2v) is 4.65. The van der Waals surface area contributed by atoms with Crippen molar-refractivity contribution in [3.05, 3.63) is 0 Å². The summed E-state index contributed by atoms with van der Waals surface area (Å²) < 4.78 is 0. The van der Waals surface area contributed by atoms with Gasteiger partial charge in [-0.3, -0.25) is 0 Å². The van der Waals surface area contributed by atoms with Crippen LogP contribution in [0.1, 0.15) is 20.3 Å². The van der Waals surface area contributed by atoms with Crippen molar-refractivity contribution in [2.24, 2.45) is 0 Å². The minimum Gasteiger partial charge on any atom is -0.480 e. The summed E-state index contributed by atoms with van der Waals surface area (Å²) in [5.41, 5.74) is 0. The van der Waals surface area contributed by atoms with Crippen LogP contribution in [0.4, 0.5) is 4.79 Å². The molecular formula is C10H20N2O4S. The number of carbonyl (C=O) groups is 2. The summed E-state index contributed by atoms with van der Waals surface area (Å²) in [7, 11) is 0. The summed E-state index contributed by atoms with van der Waals surface area (Å²) in [6.45, 7) is 3.25. The Morgan fingerprint density at radius 1 is 1.35 bits per heavy atom. The van der Waals surface area contributed by atoms with Crippen LogP contribution in [0.5, 0.6) is 0 Å². The number of aliphatic hydroxyl groups excluding tert-OH is 1. The lowest BCUT2D eigenvalue weighted by Crippen LogP contribution is -2.53. The number of carboxylic acids is 1. The van der Waals surface area contributed by atoms with Crippen molar-refractivity contribution in [2.75, 3.05) is 12.0 Å². The molecule has 4 N–H and O–H groups in total. The molecule has 6 nitrogen and oxygen atoms in total. The molecule has 0 bridgehead atoms. The lowest BCUT2D eigenvalue weighted by atomic mass is 10.2. The van der Waals surface area contributed by atoms with Crippen LogP contribution in [-0.4, -0.2) is 52.4 Å². The van der Waals surface area contributed by atoms with Gasteiger partial charge in [0.05, 0.1) is 6.10 Å². The van der Waals surface area contributed by atoms with Gasteiger partial charge in [0.2, 0.25) is 0 Å². The smallest absolute Gasteiger partial charge is 0.328 e. The van der Waals surface area contributed by atoms with Crippen LogP contribution in [0, 0.1) is 0 Å². The molecule has 7 heteroatoms. The van der Waals surface area contributed by atoms with E-state index < -0.39 is 24.1 Å². The Kier molecular flexibility index (Phi) is 7.73. The molecule has 100 valence electrons. The van der Waals surface area contributed by atoms with Gasteiger partial charge in [-0.2, -0.15) is 11.8 Å². The van der Waals surface area contributed by atoms with Crippen LogP contribution in [0.25, 0.3) is 0 Å². The van der Waals surface area contributed by atoms with Crippen molar-refractivity contribution in [2.45, 2.75) is 38.5 Å². The van der Waals surface area contributed by atoms with Gasteiger partial charge < -0.3 is 20.8 Å². The number of carbonyl (C=O) groups excluding carboxylic acids is 1. The summed E-state index contributed by atoms with van der Waals surface area (Å²) in [5.74, 6) is -0.496. The van der Waals surface area contributed by atoms with Crippen molar-refractivity contribution >= 4 is 23.8 Å². The van der Waals surface area contributed by atoms with Crippen LogP contribution in [0.2, 0.25) is 0 Å². The molecular weight excluding hydrogens is 244 g/mol. The summed E-state index contributed by atoms with van der Waals surface area (Å²) in [6, 6.07) is -1.87. The van der Waals surface area contributed by atoms with Gasteiger partial charge >= 0.3 is 12.0 Å². The third kappa shape index (κ3) is 6.38. The highest BCUT2D eigenvalue weighted by Gasteiger charge is 2.25. The number of aliphatic carboxylic acids is 1. The zero-order valence-corrected chi connectivity index (χ0v) is 11.1. The monoisotopic (exact) mass is 264 g/mol. The first-order valence-corrected chi connectivity index (χ1v) is 6.78. The van der Waals surface area contributed by atoms with Crippen LogP contribution >= 0.6 is 11.8 Å². The van der Waals surface area contributed by atoms with E-state index in [9.17, 15) is 14.7 Å². The van der Waals surface area contributed by atoms with Crippen LogP contribution in [-0.2, 0) is 4.79 Å². The number of carboxylic acid groups (broad SMARTS) is 1. The van der Waals surface area contributed by atoms with E-state index in [1.807, 2.05) is 13.2 Å². The molecule has 0 aromatic rings. The van der Waals surface area contributed by atoms with E-state index in [1.54, 1.807) is 11.8 Å². The summed E-state index contributed by atoms with van der Waals surface area (Å²) in [4.78, 5) is 22.3. The molecule has 0 aliphatic rings. The minimum atomic E-state index is -1.29. The van der Waals surface area contributed by atoms with Gasteiger partial charge in [0.15, 0.2) is 6.04 Å². The van der Waals surface area contributed by atoms with E-state index >= 15 is 0 Å². The zero-order valence-electron chi connectivity index (χ0n) is 10.3. The molecule has 3 atom stereocenters. The fraction of sp³-hybridized carbons (Fsp3) is 0.800. The van der Waals surface area contributed by atoms with Gasteiger partial charge in [0.25, 0.3) is 0 Å². The second kappa shape index (κ2) is 8.19. The predicted octanol–water partition coefficient (Wildman–Crippen LogP) is 0.261. The van der Waals surface area contributed by atoms with Gasteiger partial charge in [-0.1, -0.05) is 6.92 Å². The lowest BCUT2D eigenvalue weighted by molar-refractivity contribution is -0.141. The average Bonchev–Trinajstić information content (AvgIpc) is 2.24. The molecule has 3 unspecified atom stereocenters. The first kappa shape index (κ1) is 16.1. The molecule has 0 aliphatic heterocycles. The molecule has 0 rings (SSSR count). The molecule has 0 heterocycles. The maximum atomic E-state index is 11.5. The van der Waals surface area contributed by atoms with Crippen LogP contribution in [0.15, 0.2) is 0 Å². The Bertz CT molecular complexity index is 261. The Morgan fingerprint density at radius 2 is 1.94 bits per heavy atom. The van der Waals surface area contributed by atoms with Gasteiger partial charge in [-0.05, 0) is 19.6 Å². The molecule has 0 saturated heterocycles. The number of amides is 2. The third-order valence-electron chi connectivity index (χ3n) is 2.23. The van der Waals surface area contributed by atoms with E-state index in [4.69, 9.17) is 5.11 Å². The summed E-state index contributed by atoms with van der Waals surface area (Å²) >= 11 is 1.60. The number of thioether (sulfide) groups is 1. The maximum absolute atomic E-state index is 11.5. The fourth-order valence-electron chi connectivity index (χ4n) is 1.22. The van der Waals surface area contributed by atoms with Crippen molar-refractivity contribution in [3.8, 4) is 0 Å². The Hall–Kier alpha value is -0.950. The summed E-state index contributed by atoms with van der Waals surface area (Å²) in [5, 5.41) is 22.9. The molecule has 0 spiro atoms. The Balaban J connectivity index is 4.27. The topological polar surface area (TPSA) is 98.7 Å². The van der Waals surface area contributed by atoms with E-state index in [2.05, 4.69) is 10.6 Å². The standard InChI is InChI=1S/C10H20N2O4S/c1-4-7(5-17-3)11-10(16)12-8(6(2)13)9(14)15/h6-8,13H,4-5H2,1-3H3,(H,14,15)(H2,11,12,16). The molecule has 0 fully saturated rings. The third-order valence-corrected chi connectivity index (χ3v) is 2.97. The van der Waals surface area contributed by atoms with Crippen molar-refractivity contribution in [3.63, 3.8) is 0 Å². The number of aliphatic hydroxyl groups is 1. The number of nitrogens with one attached hydrogen (secondary N) is 2. The van der Waals surface area contributed by atoms with E-state index in [0.29, 0.717) is 0 Å². The molecule has 0 saturated carbocycles. The molecule has 0 radical (unpaired) electrons. The first-order valence-electron chi connectivity index (χ1n) is 5.39. The number of rotatable bonds is 7. The van der Waals surface area contributed by atoms with Crippen LogP contribution < -0.4 is 10.6 Å². The van der Waals surface area contributed by atoms with Crippen molar-refractivity contribution < 1.29 is 19.8 Å². The maximum Gasteiger partial charge on any atom is 0.328 e. The number of hydrogen-bond acceptors (Lipinski definition) is 4. The lowest BCUT2D eigenvalue weighted by Gasteiger charge is -2.20. The van der Waals surface area contributed by atoms with Crippen molar-refractivity contribution in [1.29, 1.82) is 0 Å². The minimum absolute atomic E-state index is 0.00607. The average molecular weight is 264 g/mol. The predicted molar refractivity (Wildman–Crippen MR) is 67.2 cm³/mol. The number of urea groups is 1. The highest BCUT2D eigenvalue weighted by atomic mass is 32.2. The van der Waals surface area contributed by atoms with Gasteiger partial charge in [-0.25, -0.2) is 9.59 Å². The largest absolute Gasteiger partial charge is 0.480 e. The first-order chi connectivity index (χ1) is 7.92. The number of hydrogen-bond donors (Lipinski definition) is 4. The Morgan fingerprint density at radius 3 is 2.29 bits per heavy atom. The highest BCUT2D eigenvalue weighted by molar-refractivity contribution is 7.98. The van der Waals surface area contributed by atoms with E-state index in [-0.39, 0.29) is 6.04 Å².